The predicted octanol–water partition coefficient (Wildman–Crippen LogP) is 4.56. The van der Waals surface area contributed by atoms with E-state index in [1.807, 2.05) is 6.07 Å². The molecule has 1 aromatic heterocycles. The fourth-order valence-electron chi connectivity index (χ4n) is 2.33. The van der Waals surface area contributed by atoms with Crippen molar-refractivity contribution in [2.45, 2.75) is 13.0 Å². The van der Waals surface area contributed by atoms with Crippen molar-refractivity contribution in [2.24, 2.45) is 0 Å². The molecule has 0 aliphatic carbocycles. The molecule has 0 unspecified atom stereocenters. The van der Waals surface area contributed by atoms with Crippen LogP contribution in [0.1, 0.15) is 11.1 Å². The second-order valence-electron chi connectivity index (χ2n) is 5.51. The van der Waals surface area contributed by atoms with E-state index in [0.717, 1.165) is 11.1 Å². The van der Waals surface area contributed by atoms with Crippen LogP contribution >= 0.6 is 23.2 Å². The van der Waals surface area contributed by atoms with Crippen molar-refractivity contribution in [3.05, 3.63) is 81.8 Å². The summed E-state index contributed by atoms with van der Waals surface area (Å²) in [4.78, 5) is 12.0. The van der Waals surface area contributed by atoms with Crippen molar-refractivity contribution < 1.29 is 9.18 Å². The van der Waals surface area contributed by atoms with Gasteiger partial charge in [0.05, 0.1) is 24.8 Å². The number of amides is 1. The Morgan fingerprint density at radius 3 is 2.64 bits per heavy atom. The molecule has 1 N–H and O–H groups in total. The van der Waals surface area contributed by atoms with Crippen LogP contribution in [-0.2, 0) is 17.8 Å². The van der Waals surface area contributed by atoms with E-state index < -0.39 is 0 Å². The molecule has 2 aromatic carbocycles. The molecule has 0 spiro atoms. The first-order chi connectivity index (χ1) is 12.0. The summed E-state index contributed by atoms with van der Waals surface area (Å²) < 4.78 is 14.5. The SMILES string of the molecule is O=C(Cc1ccc(F)cc1)Nc1cnn(Cc2ccc(Cl)cc2Cl)c1. The molecule has 25 heavy (non-hydrogen) atoms. The predicted molar refractivity (Wildman–Crippen MR) is 96.5 cm³/mol. The molecule has 1 amide bonds. The molecule has 1 heterocycles. The number of carbonyl (C=O) groups is 1. The van der Waals surface area contributed by atoms with Crippen LogP contribution in [0.15, 0.2) is 54.9 Å². The summed E-state index contributed by atoms with van der Waals surface area (Å²) in [6.07, 6.45) is 3.44. The number of halogens is 3. The number of benzene rings is 2. The Labute approximate surface area is 154 Å². The Balaban J connectivity index is 1.61. The minimum atomic E-state index is -0.328. The highest BCUT2D eigenvalue weighted by molar-refractivity contribution is 6.35. The van der Waals surface area contributed by atoms with Gasteiger partial charge in [-0.3, -0.25) is 9.48 Å². The largest absolute Gasteiger partial charge is 0.323 e. The molecule has 0 radical (unpaired) electrons. The molecule has 0 atom stereocenters. The van der Waals surface area contributed by atoms with Crippen LogP contribution in [0.2, 0.25) is 10.0 Å². The van der Waals surface area contributed by atoms with Gasteiger partial charge in [0.1, 0.15) is 5.82 Å². The first-order valence-electron chi connectivity index (χ1n) is 7.50. The summed E-state index contributed by atoms with van der Waals surface area (Å²) >= 11 is 12.0. The third kappa shape index (κ3) is 4.81. The maximum absolute atomic E-state index is 12.9. The maximum Gasteiger partial charge on any atom is 0.228 e. The van der Waals surface area contributed by atoms with Gasteiger partial charge in [-0.25, -0.2) is 4.39 Å². The molecule has 4 nitrogen and oxygen atoms in total. The Hall–Kier alpha value is -2.37. The molecular weight excluding hydrogens is 364 g/mol. The fraction of sp³-hybridized carbons (Fsp3) is 0.111. The normalized spacial score (nSPS) is 10.7. The van der Waals surface area contributed by atoms with Gasteiger partial charge in [-0.1, -0.05) is 41.4 Å². The van der Waals surface area contributed by atoms with Crippen LogP contribution in [0.3, 0.4) is 0 Å². The molecule has 0 aliphatic rings. The highest BCUT2D eigenvalue weighted by atomic mass is 35.5. The Kier molecular flexibility index (Phi) is 5.36. The Morgan fingerprint density at radius 1 is 1.16 bits per heavy atom. The van der Waals surface area contributed by atoms with Crippen molar-refractivity contribution >= 4 is 34.8 Å². The maximum atomic E-state index is 12.9. The Bertz CT molecular complexity index is 894. The van der Waals surface area contributed by atoms with Crippen LogP contribution in [-0.4, -0.2) is 15.7 Å². The number of carbonyl (C=O) groups excluding carboxylic acids is 1. The molecular formula is C18H14Cl2FN3O. The minimum absolute atomic E-state index is 0.161. The average Bonchev–Trinajstić information content (AvgIpc) is 2.99. The lowest BCUT2D eigenvalue weighted by atomic mass is 10.1. The van der Waals surface area contributed by atoms with Crippen LogP contribution in [0.25, 0.3) is 0 Å². The van der Waals surface area contributed by atoms with Gasteiger partial charge in [0.15, 0.2) is 0 Å². The molecule has 0 saturated heterocycles. The second kappa shape index (κ2) is 7.68. The third-order valence-corrected chi connectivity index (χ3v) is 4.13. The third-order valence-electron chi connectivity index (χ3n) is 3.54. The highest BCUT2D eigenvalue weighted by Crippen LogP contribution is 2.22. The van der Waals surface area contributed by atoms with Crippen molar-refractivity contribution in [3.63, 3.8) is 0 Å². The number of hydrogen-bond donors (Lipinski definition) is 1. The van der Waals surface area contributed by atoms with E-state index in [-0.39, 0.29) is 18.1 Å². The summed E-state index contributed by atoms with van der Waals surface area (Å²) in [6, 6.07) is 11.1. The number of nitrogens with one attached hydrogen (secondary N) is 1. The van der Waals surface area contributed by atoms with Gasteiger partial charge in [-0.2, -0.15) is 5.10 Å². The van der Waals surface area contributed by atoms with Crippen LogP contribution < -0.4 is 5.32 Å². The summed E-state index contributed by atoms with van der Waals surface area (Å²) in [5.74, 6) is -0.526. The van der Waals surface area contributed by atoms with E-state index in [4.69, 9.17) is 23.2 Å². The molecule has 0 fully saturated rings. The molecule has 3 aromatic rings. The first kappa shape index (κ1) is 17.5. The number of rotatable bonds is 5. The summed E-state index contributed by atoms with van der Waals surface area (Å²) in [7, 11) is 0. The van der Waals surface area contributed by atoms with E-state index in [1.54, 1.807) is 41.3 Å². The zero-order chi connectivity index (χ0) is 17.8. The minimum Gasteiger partial charge on any atom is -0.323 e. The van der Waals surface area contributed by atoms with Crippen molar-refractivity contribution in [1.29, 1.82) is 0 Å². The van der Waals surface area contributed by atoms with Gasteiger partial charge in [0.25, 0.3) is 0 Å². The van der Waals surface area contributed by atoms with Gasteiger partial charge in [-0.15, -0.1) is 0 Å². The van der Waals surface area contributed by atoms with Gasteiger partial charge < -0.3 is 5.32 Å². The Morgan fingerprint density at radius 2 is 1.92 bits per heavy atom. The van der Waals surface area contributed by atoms with E-state index >= 15 is 0 Å². The zero-order valence-corrected chi connectivity index (χ0v) is 14.6. The number of anilines is 1. The first-order valence-corrected chi connectivity index (χ1v) is 8.26. The molecule has 0 saturated carbocycles. The zero-order valence-electron chi connectivity index (χ0n) is 13.0. The highest BCUT2D eigenvalue weighted by Gasteiger charge is 2.08. The van der Waals surface area contributed by atoms with Crippen molar-refractivity contribution in [2.75, 3.05) is 5.32 Å². The van der Waals surface area contributed by atoms with Gasteiger partial charge in [-0.05, 0) is 35.4 Å². The molecule has 128 valence electrons. The van der Waals surface area contributed by atoms with E-state index in [2.05, 4.69) is 10.4 Å². The summed E-state index contributed by atoms with van der Waals surface area (Å²) in [6.45, 7) is 0.462. The van der Waals surface area contributed by atoms with Gasteiger partial charge in [0.2, 0.25) is 5.91 Å². The van der Waals surface area contributed by atoms with Crippen molar-refractivity contribution in [3.8, 4) is 0 Å². The second-order valence-corrected chi connectivity index (χ2v) is 6.36. The van der Waals surface area contributed by atoms with Crippen molar-refractivity contribution in [1.82, 2.24) is 9.78 Å². The topological polar surface area (TPSA) is 46.9 Å². The molecule has 0 bridgehead atoms. The van der Waals surface area contributed by atoms with Gasteiger partial charge in [0, 0.05) is 16.2 Å². The fourth-order valence-corrected chi connectivity index (χ4v) is 2.80. The van der Waals surface area contributed by atoms with Crippen LogP contribution in [0.4, 0.5) is 10.1 Å². The lowest BCUT2D eigenvalue weighted by Crippen LogP contribution is -2.14. The van der Waals surface area contributed by atoms with Crippen LogP contribution in [0.5, 0.6) is 0 Å². The van der Waals surface area contributed by atoms with Gasteiger partial charge >= 0.3 is 0 Å². The molecule has 3 rings (SSSR count). The van der Waals surface area contributed by atoms with E-state index in [1.165, 1.54) is 12.1 Å². The number of hydrogen-bond acceptors (Lipinski definition) is 2. The summed E-state index contributed by atoms with van der Waals surface area (Å²) in [5.41, 5.74) is 2.19. The monoisotopic (exact) mass is 377 g/mol. The summed E-state index contributed by atoms with van der Waals surface area (Å²) in [5, 5.41) is 8.10. The molecule has 7 heteroatoms. The number of aromatic nitrogens is 2. The molecule has 0 aliphatic heterocycles. The standard InChI is InChI=1S/C18H14Cl2FN3O/c19-14-4-3-13(17(20)8-14)10-24-11-16(9-22-24)23-18(25)7-12-1-5-15(21)6-2-12/h1-6,8-9,11H,7,10H2,(H,23,25). The average molecular weight is 378 g/mol. The lowest BCUT2D eigenvalue weighted by Gasteiger charge is -2.05. The van der Waals surface area contributed by atoms with E-state index in [0.29, 0.717) is 22.3 Å². The smallest absolute Gasteiger partial charge is 0.228 e. The quantitative estimate of drug-likeness (QED) is 0.708. The number of nitrogens with zero attached hydrogens (tertiary/aromatic N) is 2. The lowest BCUT2D eigenvalue weighted by molar-refractivity contribution is -0.115. The van der Waals surface area contributed by atoms with E-state index in [9.17, 15) is 9.18 Å². The van der Waals surface area contributed by atoms with Crippen LogP contribution in [0, 0.1) is 5.82 Å².